The average Bonchev–Trinajstić information content (AvgIpc) is 3.16. The molecule has 0 aliphatic carbocycles. The third-order valence-electron chi connectivity index (χ3n) is 5.50. The number of thiophene rings is 1. The van der Waals surface area contributed by atoms with Gasteiger partial charge in [0.2, 0.25) is 0 Å². The standard InChI is InChI=1S/C23H32N2O2S/c1-18(26)23-13-21(17-28-23)15-24(2)14-20-5-4-11-25(16-20)12-10-19-6-8-22(27-3)9-7-19/h6-9,13,17,20H,4-5,10-12,14-16H2,1-3H3/t20-/m1/s1. The van der Waals surface area contributed by atoms with Crippen LogP contribution in [0.2, 0.25) is 0 Å². The summed E-state index contributed by atoms with van der Waals surface area (Å²) in [5.41, 5.74) is 2.63. The van der Waals surface area contributed by atoms with Crippen LogP contribution in [0.3, 0.4) is 0 Å². The van der Waals surface area contributed by atoms with Crippen molar-refractivity contribution in [3.05, 3.63) is 51.7 Å². The number of rotatable bonds is 9. The van der Waals surface area contributed by atoms with Crippen LogP contribution in [0, 0.1) is 5.92 Å². The Balaban J connectivity index is 1.43. The lowest BCUT2D eigenvalue weighted by Gasteiger charge is -2.34. The summed E-state index contributed by atoms with van der Waals surface area (Å²) >= 11 is 1.56. The molecule has 4 nitrogen and oxygen atoms in total. The van der Waals surface area contributed by atoms with Crippen molar-refractivity contribution in [2.45, 2.75) is 32.7 Å². The summed E-state index contributed by atoms with van der Waals surface area (Å²) < 4.78 is 5.24. The maximum absolute atomic E-state index is 11.5. The Morgan fingerprint density at radius 2 is 2.07 bits per heavy atom. The van der Waals surface area contributed by atoms with E-state index >= 15 is 0 Å². The molecule has 1 aromatic heterocycles. The number of hydrogen-bond acceptors (Lipinski definition) is 5. The molecule has 3 rings (SSSR count). The molecule has 1 aliphatic rings. The Hall–Kier alpha value is -1.69. The van der Waals surface area contributed by atoms with Gasteiger partial charge in [0.05, 0.1) is 12.0 Å². The van der Waals surface area contributed by atoms with Gasteiger partial charge in [-0.15, -0.1) is 11.3 Å². The monoisotopic (exact) mass is 400 g/mol. The maximum atomic E-state index is 11.5. The van der Waals surface area contributed by atoms with Crippen molar-refractivity contribution in [3.8, 4) is 5.75 Å². The van der Waals surface area contributed by atoms with Crippen LogP contribution < -0.4 is 4.74 Å². The van der Waals surface area contributed by atoms with Gasteiger partial charge < -0.3 is 14.5 Å². The van der Waals surface area contributed by atoms with Crippen LogP contribution in [0.4, 0.5) is 0 Å². The summed E-state index contributed by atoms with van der Waals surface area (Å²) in [4.78, 5) is 17.4. The highest BCUT2D eigenvalue weighted by molar-refractivity contribution is 7.12. The first-order valence-corrected chi connectivity index (χ1v) is 11.0. The van der Waals surface area contributed by atoms with Crippen LogP contribution in [-0.4, -0.2) is 55.9 Å². The van der Waals surface area contributed by atoms with E-state index in [-0.39, 0.29) is 5.78 Å². The zero-order valence-corrected chi connectivity index (χ0v) is 18.1. The Morgan fingerprint density at radius 3 is 2.75 bits per heavy atom. The predicted octanol–water partition coefficient (Wildman–Crippen LogP) is 4.35. The molecule has 0 radical (unpaired) electrons. The molecule has 1 fully saturated rings. The van der Waals surface area contributed by atoms with E-state index in [4.69, 9.17) is 4.74 Å². The third kappa shape index (κ3) is 6.16. The number of piperidine rings is 1. The first kappa shape index (κ1) is 21.0. The number of carbonyl (C=O) groups is 1. The first-order valence-electron chi connectivity index (χ1n) is 10.2. The number of hydrogen-bond donors (Lipinski definition) is 0. The smallest absolute Gasteiger partial charge is 0.169 e. The van der Waals surface area contributed by atoms with Gasteiger partial charge in [-0.2, -0.15) is 0 Å². The van der Waals surface area contributed by atoms with Crippen molar-refractivity contribution in [1.29, 1.82) is 0 Å². The lowest BCUT2D eigenvalue weighted by molar-refractivity contribution is 0.102. The highest BCUT2D eigenvalue weighted by atomic mass is 32.1. The summed E-state index contributed by atoms with van der Waals surface area (Å²) in [6.07, 6.45) is 3.69. The van der Waals surface area contributed by atoms with Gasteiger partial charge in [0.25, 0.3) is 0 Å². The number of methoxy groups -OCH3 is 1. The molecule has 2 aromatic rings. The molecule has 1 aliphatic heterocycles. The van der Waals surface area contributed by atoms with Crippen LogP contribution in [0.1, 0.15) is 40.6 Å². The Bertz CT molecular complexity index is 756. The summed E-state index contributed by atoms with van der Waals surface area (Å²) in [6.45, 7) is 7.20. The molecule has 0 bridgehead atoms. The molecule has 0 amide bonds. The van der Waals surface area contributed by atoms with Crippen molar-refractivity contribution >= 4 is 17.1 Å². The average molecular weight is 401 g/mol. The number of benzene rings is 1. The maximum Gasteiger partial charge on any atom is 0.169 e. The Morgan fingerprint density at radius 1 is 1.29 bits per heavy atom. The van der Waals surface area contributed by atoms with Gasteiger partial charge >= 0.3 is 0 Å². The summed E-state index contributed by atoms with van der Waals surface area (Å²) in [6, 6.07) is 10.5. The second kappa shape index (κ2) is 10.2. The fourth-order valence-corrected chi connectivity index (χ4v) is 4.85. The number of nitrogens with zero attached hydrogens (tertiary/aromatic N) is 2. The fourth-order valence-electron chi connectivity index (χ4n) is 4.04. The number of ether oxygens (including phenoxy) is 1. The number of carbonyl (C=O) groups excluding carboxylic acids is 1. The zero-order valence-electron chi connectivity index (χ0n) is 17.3. The second-order valence-electron chi connectivity index (χ2n) is 7.98. The van der Waals surface area contributed by atoms with Crippen LogP contribution in [-0.2, 0) is 13.0 Å². The molecular formula is C23H32N2O2S. The topological polar surface area (TPSA) is 32.8 Å². The van der Waals surface area contributed by atoms with Crippen molar-refractivity contribution in [2.75, 3.05) is 40.3 Å². The van der Waals surface area contributed by atoms with Gasteiger partial charge in [-0.1, -0.05) is 12.1 Å². The minimum absolute atomic E-state index is 0.165. The van der Waals surface area contributed by atoms with E-state index in [2.05, 4.69) is 34.4 Å². The van der Waals surface area contributed by atoms with Crippen LogP contribution >= 0.6 is 11.3 Å². The highest BCUT2D eigenvalue weighted by Gasteiger charge is 2.21. The van der Waals surface area contributed by atoms with Crippen molar-refractivity contribution in [3.63, 3.8) is 0 Å². The van der Waals surface area contributed by atoms with E-state index < -0.39 is 0 Å². The van der Waals surface area contributed by atoms with Gasteiger partial charge in [0, 0.05) is 26.2 Å². The summed E-state index contributed by atoms with van der Waals surface area (Å²) in [7, 11) is 3.90. The van der Waals surface area contributed by atoms with Gasteiger partial charge in [0.1, 0.15) is 5.75 Å². The number of likely N-dealkylation sites (tertiary alicyclic amines) is 1. The largest absolute Gasteiger partial charge is 0.497 e. The lowest BCUT2D eigenvalue weighted by atomic mass is 9.97. The normalized spacial score (nSPS) is 17.8. The minimum Gasteiger partial charge on any atom is -0.497 e. The molecule has 28 heavy (non-hydrogen) atoms. The molecule has 0 saturated carbocycles. The SMILES string of the molecule is COc1ccc(CCN2CCC[C@H](CN(C)Cc3csc(C(C)=O)c3)C2)cc1. The first-order chi connectivity index (χ1) is 13.5. The summed E-state index contributed by atoms with van der Waals surface area (Å²) in [5, 5.41) is 2.12. The quantitative estimate of drug-likeness (QED) is 0.586. The van der Waals surface area contributed by atoms with E-state index in [0.717, 1.165) is 42.6 Å². The van der Waals surface area contributed by atoms with Gasteiger partial charge in [-0.05, 0) is 80.4 Å². The third-order valence-corrected chi connectivity index (χ3v) is 6.58. The Kier molecular flexibility index (Phi) is 7.65. The molecular weight excluding hydrogens is 368 g/mol. The Labute approximate surface area is 173 Å². The fraction of sp³-hybridized carbons (Fsp3) is 0.522. The lowest BCUT2D eigenvalue weighted by Crippen LogP contribution is -2.40. The van der Waals surface area contributed by atoms with E-state index in [1.165, 1.54) is 37.1 Å². The zero-order chi connectivity index (χ0) is 19.9. The molecule has 0 unspecified atom stereocenters. The van der Waals surface area contributed by atoms with E-state index in [9.17, 15) is 4.79 Å². The minimum atomic E-state index is 0.165. The molecule has 152 valence electrons. The van der Waals surface area contributed by atoms with Crippen LogP contribution in [0.5, 0.6) is 5.75 Å². The van der Waals surface area contributed by atoms with Gasteiger partial charge in [0.15, 0.2) is 5.78 Å². The van der Waals surface area contributed by atoms with Crippen molar-refractivity contribution in [1.82, 2.24) is 9.80 Å². The molecule has 1 atom stereocenters. The van der Waals surface area contributed by atoms with Gasteiger partial charge in [-0.25, -0.2) is 0 Å². The number of Topliss-reactive ketones (excluding diaryl/α,β-unsaturated/α-hetero) is 1. The summed E-state index contributed by atoms with van der Waals surface area (Å²) in [5.74, 6) is 1.81. The molecule has 5 heteroatoms. The van der Waals surface area contributed by atoms with E-state index in [1.807, 2.05) is 18.2 Å². The van der Waals surface area contributed by atoms with E-state index in [1.54, 1.807) is 25.4 Å². The predicted molar refractivity (Wildman–Crippen MR) is 117 cm³/mol. The van der Waals surface area contributed by atoms with Crippen molar-refractivity contribution < 1.29 is 9.53 Å². The molecule has 2 heterocycles. The van der Waals surface area contributed by atoms with E-state index in [0.29, 0.717) is 0 Å². The van der Waals surface area contributed by atoms with Crippen molar-refractivity contribution in [2.24, 2.45) is 5.92 Å². The van der Waals surface area contributed by atoms with Gasteiger partial charge in [-0.3, -0.25) is 4.79 Å². The van der Waals surface area contributed by atoms with Crippen LogP contribution in [0.15, 0.2) is 35.7 Å². The molecule has 1 saturated heterocycles. The highest BCUT2D eigenvalue weighted by Crippen LogP contribution is 2.21. The molecule has 0 N–H and O–H groups in total. The molecule has 1 aromatic carbocycles. The second-order valence-corrected chi connectivity index (χ2v) is 8.89. The molecule has 0 spiro atoms. The van der Waals surface area contributed by atoms with Crippen LogP contribution in [0.25, 0.3) is 0 Å². The number of ketones is 1.